The van der Waals surface area contributed by atoms with E-state index in [0.717, 1.165) is 10.6 Å². The van der Waals surface area contributed by atoms with Crippen LogP contribution in [0.1, 0.15) is 5.69 Å². The number of alkyl halides is 2. The first-order valence-electron chi connectivity index (χ1n) is 6.92. The van der Waals surface area contributed by atoms with E-state index in [4.69, 9.17) is 0 Å². The number of benzene rings is 1. The van der Waals surface area contributed by atoms with E-state index in [-0.39, 0.29) is 18.1 Å². The summed E-state index contributed by atoms with van der Waals surface area (Å²) in [7, 11) is 0. The second-order valence-corrected chi connectivity index (χ2v) is 6.42. The lowest BCUT2D eigenvalue weighted by atomic mass is 10.2. The fraction of sp³-hybridized carbons (Fsp3) is 0.125. The summed E-state index contributed by atoms with van der Waals surface area (Å²) >= 11 is 3.09. The molecule has 3 rings (SSSR count). The van der Waals surface area contributed by atoms with Gasteiger partial charge in [0.2, 0.25) is 5.91 Å². The monoisotopic (exact) mass is 366 g/mol. The number of thiophene rings is 1. The number of halogens is 2. The number of nitrogens with zero attached hydrogens (tertiary/aromatic N) is 1. The molecule has 1 amide bonds. The van der Waals surface area contributed by atoms with Crippen molar-refractivity contribution in [2.45, 2.75) is 13.0 Å². The van der Waals surface area contributed by atoms with Crippen LogP contribution in [0.3, 0.4) is 0 Å². The molecule has 0 bridgehead atoms. The number of ether oxygens (including phenoxy) is 1. The molecule has 2 heterocycles. The van der Waals surface area contributed by atoms with E-state index < -0.39 is 6.61 Å². The SMILES string of the molecule is O=C(Cc1csc(-c2ccsc2)n1)Nc1ccc(OC(F)F)cc1. The third-order valence-corrected chi connectivity index (χ3v) is 4.65. The van der Waals surface area contributed by atoms with Gasteiger partial charge in [-0.2, -0.15) is 20.1 Å². The van der Waals surface area contributed by atoms with Gasteiger partial charge < -0.3 is 10.1 Å². The quantitative estimate of drug-likeness (QED) is 0.691. The van der Waals surface area contributed by atoms with Crippen LogP contribution in [-0.4, -0.2) is 17.5 Å². The van der Waals surface area contributed by atoms with Crippen LogP contribution in [0.2, 0.25) is 0 Å². The van der Waals surface area contributed by atoms with Crippen LogP contribution in [0.5, 0.6) is 5.75 Å². The molecule has 24 heavy (non-hydrogen) atoms. The third-order valence-electron chi connectivity index (χ3n) is 3.02. The van der Waals surface area contributed by atoms with E-state index in [9.17, 15) is 13.6 Å². The number of rotatable bonds is 6. The molecule has 0 saturated carbocycles. The standard InChI is InChI=1S/C16H12F2N2O2S2/c17-16(18)22-13-3-1-11(2-4-13)19-14(21)7-12-9-24-15(20-12)10-5-6-23-8-10/h1-6,8-9,16H,7H2,(H,19,21). The lowest BCUT2D eigenvalue weighted by Crippen LogP contribution is -2.14. The van der Waals surface area contributed by atoms with Crippen LogP contribution >= 0.6 is 22.7 Å². The van der Waals surface area contributed by atoms with Gasteiger partial charge in [-0.1, -0.05) is 0 Å². The molecular formula is C16H12F2N2O2S2. The van der Waals surface area contributed by atoms with Gasteiger partial charge in [0.1, 0.15) is 10.8 Å². The van der Waals surface area contributed by atoms with Crippen LogP contribution in [0.15, 0.2) is 46.5 Å². The van der Waals surface area contributed by atoms with Gasteiger partial charge in [-0.05, 0) is 35.7 Å². The van der Waals surface area contributed by atoms with Crippen molar-refractivity contribution in [2.75, 3.05) is 5.32 Å². The predicted octanol–water partition coefficient (Wildman–Crippen LogP) is 4.65. The van der Waals surface area contributed by atoms with E-state index in [2.05, 4.69) is 15.0 Å². The van der Waals surface area contributed by atoms with Crippen molar-refractivity contribution < 1.29 is 18.3 Å². The maximum absolute atomic E-state index is 12.1. The largest absolute Gasteiger partial charge is 0.435 e. The first-order chi connectivity index (χ1) is 11.6. The van der Waals surface area contributed by atoms with Gasteiger partial charge in [-0.3, -0.25) is 4.79 Å². The van der Waals surface area contributed by atoms with E-state index in [1.54, 1.807) is 11.3 Å². The lowest BCUT2D eigenvalue weighted by molar-refractivity contribution is -0.115. The van der Waals surface area contributed by atoms with Crippen LogP contribution in [0.25, 0.3) is 10.6 Å². The fourth-order valence-electron chi connectivity index (χ4n) is 2.00. The van der Waals surface area contributed by atoms with Crippen molar-refractivity contribution in [1.82, 2.24) is 4.98 Å². The molecule has 2 aromatic heterocycles. The van der Waals surface area contributed by atoms with Crippen molar-refractivity contribution in [3.63, 3.8) is 0 Å². The van der Waals surface area contributed by atoms with Gasteiger partial charge in [-0.15, -0.1) is 11.3 Å². The Kier molecular flexibility index (Phi) is 5.17. The van der Waals surface area contributed by atoms with Crippen LogP contribution in [0.4, 0.5) is 14.5 Å². The van der Waals surface area contributed by atoms with Gasteiger partial charge in [-0.25, -0.2) is 4.98 Å². The summed E-state index contributed by atoms with van der Waals surface area (Å²) in [5.74, 6) is -0.178. The number of thiazole rings is 1. The van der Waals surface area contributed by atoms with Crippen LogP contribution in [0, 0.1) is 0 Å². The maximum atomic E-state index is 12.1. The van der Waals surface area contributed by atoms with Gasteiger partial charge in [0.05, 0.1) is 12.1 Å². The highest BCUT2D eigenvalue weighted by atomic mass is 32.1. The third kappa shape index (κ3) is 4.36. The molecule has 1 aromatic carbocycles. The Labute approximate surface area is 144 Å². The molecule has 0 aliphatic heterocycles. The lowest BCUT2D eigenvalue weighted by Gasteiger charge is -2.07. The zero-order valence-electron chi connectivity index (χ0n) is 12.2. The Morgan fingerprint density at radius 2 is 2.00 bits per heavy atom. The summed E-state index contributed by atoms with van der Waals surface area (Å²) in [5, 5.41) is 9.42. The molecule has 0 atom stereocenters. The number of nitrogens with one attached hydrogen (secondary N) is 1. The Hall–Kier alpha value is -2.32. The molecule has 124 valence electrons. The molecular weight excluding hydrogens is 354 g/mol. The zero-order valence-corrected chi connectivity index (χ0v) is 13.9. The number of hydrogen-bond donors (Lipinski definition) is 1. The van der Waals surface area contributed by atoms with Crippen molar-refractivity contribution in [3.8, 4) is 16.3 Å². The van der Waals surface area contributed by atoms with Gasteiger partial charge in [0.25, 0.3) is 0 Å². The van der Waals surface area contributed by atoms with Crippen molar-refractivity contribution in [1.29, 1.82) is 0 Å². The summed E-state index contributed by atoms with van der Waals surface area (Å²) in [4.78, 5) is 16.5. The first kappa shape index (κ1) is 16.5. The molecule has 0 aliphatic carbocycles. The molecule has 0 saturated heterocycles. The highest BCUT2D eigenvalue weighted by molar-refractivity contribution is 7.14. The number of anilines is 1. The van der Waals surface area contributed by atoms with Crippen LogP contribution < -0.4 is 10.1 Å². The fourth-order valence-corrected chi connectivity index (χ4v) is 3.53. The minimum absolute atomic E-state index is 0.0444. The van der Waals surface area contributed by atoms with E-state index in [0.29, 0.717) is 11.4 Å². The molecule has 3 aromatic rings. The molecule has 4 nitrogen and oxygen atoms in total. The molecule has 0 spiro atoms. The van der Waals surface area contributed by atoms with Crippen molar-refractivity contribution in [3.05, 3.63) is 52.2 Å². The second-order valence-electron chi connectivity index (χ2n) is 4.78. The molecule has 0 fully saturated rings. The van der Waals surface area contributed by atoms with Crippen LogP contribution in [-0.2, 0) is 11.2 Å². The Morgan fingerprint density at radius 1 is 1.21 bits per heavy atom. The topological polar surface area (TPSA) is 51.2 Å². The number of carbonyl (C=O) groups excluding carboxylic acids is 1. The highest BCUT2D eigenvalue weighted by Gasteiger charge is 2.10. The zero-order chi connectivity index (χ0) is 16.9. The average molecular weight is 366 g/mol. The first-order valence-corrected chi connectivity index (χ1v) is 8.74. The average Bonchev–Trinajstić information content (AvgIpc) is 3.19. The summed E-state index contributed by atoms with van der Waals surface area (Å²) in [5.41, 5.74) is 2.25. The highest BCUT2D eigenvalue weighted by Crippen LogP contribution is 2.26. The molecule has 0 unspecified atom stereocenters. The van der Waals surface area contributed by atoms with Gasteiger partial charge >= 0.3 is 6.61 Å². The predicted molar refractivity (Wildman–Crippen MR) is 90.8 cm³/mol. The second kappa shape index (κ2) is 7.50. The maximum Gasteiger partial charge on any atom is 0.387 e. The normalized spacial score (nSPS) is 10.8. The molecule has 8 heteroatoms. The Balaban J connectivity index is 1.57. The Bertz CT molecular complexity index is 802. The number of hydrogen-bond acceptors (Lipinski definition) is 5. The molecule has 1 N–H and O–H groups in total. The summed E-state index contributed by atoms with van der Waals surface area (Å²) in [6, 6.07) is 7.75. The Morgan fingerprint density at radius 3 is 2.67 bits per heavy atom. The van der Waals surface area contributed by atoms with E-state index in [1.165, 1.54) is 35.6 Å². The summed E-state index contributed by atoms with van der Waals surface area (Å²) in [6.45, 7) is -2.87. The molecule has 0 aliphatic rings. The number of carbonyl (C=O) groups is 1. The number of aromatic nitrogens is 1. The van der Waals surface area contributed by atoms with Crippen molar-refractivity contribution in [2.24, 2.45) is 0 Å². The summed E-state index contributed by atoms with van der Waals surface area (Å²) < 4.78 is 28.4. The van der Waals surface area contributed by atoms with E-state index >= 15 is 0 Å². The smallest absolute Gasteiger partial charge is 0.387 e. The minimum Gasteiger partial charge on any atom is -0.435 e. The number of amides is 1. The minimum atomic E-state index is -2.87. The van der Waals surface area contributed by atoms with Crippen molar-refractivity contribution >= 4 is 34.3 Å². The van der Waals surface area contributed by atoms with Gasteiger partial charge in [0, 0.05) is 22.0 Å². The van der Waals surface area contributed by atoms with Gasteiger partial charge in [0.15, 0.2) is 0 Å². The summed E-state index contributed by atoms with van der Waals surface area (Å²) in [6.07, 6.45) is 0.149. The molecule has 0 radical (unpaired) electrons. The van der Waals surface area contributed by atoms with E-state index in [1.807, 2.05) is 22.2 Å².